The van der Waals surface area contributed by atoms with E-state index in [1.807, 2.05) is 19.1 Å². The van der Waals surface area contributed by atoms with Crippen molar-refractivity contribution >= 4 is 39.9 Å². The van der Waals surface area contributed by atoms with Crippen LogP contribution in [0.25, 0.3) is 5.76 Å². The summed E-state index contributed by atoms with van der Waals surface area (Å²) in [5.74, 6) is -2.52. The van der Waals surface area contributed by atoms with Crippen LogP contribution in [0.1, 0.15) is 38.1 Å². The number of thiazole rings is 1. The number of rotatable bonds is 6. The van der Waals surface area contributed by atoms with Crippen LogP contribution in [-0.4, -0.2) is 34.4 Å². The lowest BCUT2D eigenvalue weighted by Crippen LogP contribution is -2.29. The van der Waals surface area contributed by atoms with Crippen molar-refractivity contribution in [1.82, 2.24) is 4.98 Å². The van der Waals surface area contributed by atoms with Crippen LogP contribution in [0, 0.1) is 13.8 Å². The first-order chi connectivity index (χ1) is 16.3. The van der Waals surface area contributed by atoms with Crippen molar-refractivity contribution in [3.63, 3.8) is 0 Å². The molecule has 1 amide bonds. The largest absolute Gasteiger partial charge is 0.507 e. The van der Waals surface area contributed by atoms with Crippen LogP contribution in [0.5, 0.6) is 0 Å². The zero-order valence-electron chi connectivity index (χ0n) is 18.6. The van der Waals surface area contributed by atoms with Gasteiger partial charge in [0.05, 0.1) is 17.3 Å². The molecule has 0 bridgehead atoms. The van der Waals surface area contributed by atoms with E-state index in [2.05, 4.69) is 11.6 Å². The van der Waals surface area contributed by atoms with Crippen LogP contribution in [-0.2, 0) is 14.3 Å². The fraction of sp³-hybridized carbons (Fsp3) is 0.154. The summed E-state index contributed by atoms with van der Waals surface area (Å²) in [6, 6.07) is 15.0. The van der Waals surface area contributed by atoms with Crippen molar-refractivity contribution in [2.24, 2.45) is 0 Å². The van der Waals surface area contributed by atoms with Crippen molar-refractivity contribution in [2.75, 3.05) is 11.5 Å². The Bertz CT molecular complexity index is 1310. The van der Waals surface area contributed by atoms with Crippen LogP contribution < -0.4 is 4.90 Å². The molecule has 1 aliphatic rings. The molecule has 3 aromatic rings. The molecule has 0 radical (unpaired) electrons. The molecule has 2 heterocycles. The monoisotopic (exact) mass is 474 g/mol. The Kier molecular flexibility index (Phi) is 6.43. The average Bonchev–Trinajstić information content (AvgIpc) is 3.35. The van der Waals surface area contributed by atoms with E-state index in [0.29, 0.717) is 16.8 Å². The third kappa shape index (κ3) is 4.15. The lowest BCUT2D eigenvalue weighted by atomic mass is 9.95. The van der Waals surface area contributed by atoms with Crippen LogP contribution in [0.2, 0.25) is 0 Å². The van der Waals surface area contributed by atoms with E-state index in [-0.39, 0.29) is 27.9 Å². The highest BCUT2D eigenvalue weighted by molar-refractivity contribution is 7.17. The standard InChI is InChI=1S/C26H22N2O5S/c1-4-14-33-25(32)23-16(3)27-26(34-23)28-20(17-12-10-15(2)11-13-17)19(22(30)24(28)31)21(29)18-8-6-5-7-9-18/h4-13,20,29H,1,14H2,2-3H3. The molecule has 1 N–H and O–H groups in total. The Hall–Kier alpha value is -4.04. The Labute approximate surface area is 200 Å². The maximum absolute atomic E-state index is 13.2. The highest BCUT2D eigenvalue weighted by atomic mass is 32.1. The van der Waals surface area contributed by atoms with E-state index in [9.17, 15) is 19.5 Å². The molecule has 1 aromatic heterocycles. The summed E-state index contributed by atoms with van der Waals surface area (Å²) < 4.78 is 5.12. The van der Waals surface area contributed by atoms with Crippen molar-refractivity contribution in [3.8, 4) is 0 Å². The minimum atomic E-state index is -0.914. The summed E-state index contributed by atoms with van der Waals surface area (Å²) in [5, 5.41) is 11.3. The second-order valence-electron chi connectivity index (χ2n) is 7.74. The molecule has 7 nitrogen and oxygen atoms in total. The fourth-order valence-corrected chi connectivity index (χ4v) is 4.71. The van der Waals surface area contributed by atoms with Crippen LogP contribution in [0.4, 0.5) is 5.13 Å². The number of aryl methyl sites for hydroxylation is 2. The second kappa shape index (κ2) is 9.44. The lowest BCUT2D eigenvalue weighted by Gasteiger charge is -2.23. The lowest BCUT2D eigenvalue weighted by molar-refractivity contribution is -0.132. The number of ether oxygens (including phenoxy) is 1. The Morgan fingerprint density at radius 3 is 2.47 bits per heavy atom. The van der Waals surface area contributed by atoms with E-state index in [4.69, 9.17) is 4.74 Å². The number of hydrogen-bond acceptors (Lipinski definition) is 7. The summed E-state index contributed by atoms with van der Waals surface area (Å²) in [4.78, 5) is 44.7. The van der Waals surface area contributed by atoms with Gasteiger partial charge in [-0.2, -0.15) is 0 Å². The average molecular weight is 475 g/mol. The van der Waals surface area contributed by atoms with E-state index in [1.54, 1.807) is 49.4 Å². The number of esters is 1. The van der Waals surface area contributed by atoms with Gasteiger partial charge in [-0.05, 0) is 19.4 Å². The molecule has 4 rings (SSSR count). The number of Topliss-reactive ketones (excluding diaryl/α,β-unsaturated/α-hetero) is 1. The Morgan fingerprint density at radius 2 is 1.82 bits per heavy atom. The van der Waals surface area contributed by atoms with Gasteiger partial charge >= 0.3 is 11.9 Å². The van der Waals surface area contributed by atoms with Gasteiger partial charge < -0.3 is 9.84 Å². The Balaban J connectivity index is 1.88. The second-order valence-corrected chi connectivity index (χ2v) is 8.72. The zero-order chi connectivity index (χ0) is 24.4. The Morgan fingerprint density at radius 1 is 1.15 bits per heavy atom. The molecule has 1 aliphatic heterocycles. The summed E-state index contributed by atoms with van der Waals surface area (Å²) in [5.41, 5.74) is 2.39. The van der Waals surface area contributed by atoms with Gasteiger partial charge in [-0.15, -0.1) is 0 Å². The van der Waals surface area contributed by atoms with Crippen LogP contribution in [0.3, 0.4) is 0 Å². The number of aliphatic hydroxyl groups excluding tert-OH is 1. The van der Waals surface area contributed by atoms with Gasteiger partial charge in [-0.25, -0.2) is 9.78 Å². The summed E-state index contributed by atoms with van der Waals surface area (Å²) in [6.07, 6.45) is 1.45. The van der Waals surface area contributed by atoms with E-state index < -0.39 is 23.7 Å². The van der Waals surface area contributed by atoms with Gasteiger partial charge in [0, 0.05) is 5.56 Å². The molecule has 1 saturated heterocycles. The van der Waals surface area contributed by atoms with Crippen LogP contribution >= 0.6 is 11.3 Å². The quantitative estimate of drug-likeness (QED) is 0.182. The number of nitrogens with zero attached hydrogens (tertiary/aromatic N) is 2. The summed E-state index contributed by atoms with van der Waals surface area (Å²) in [6.45, 7) is 7.12. The normalized spacial score (nSPS) is 17.1. The number of benzene rings is 2. The maximum atomic E-state index is 13.2. The molecule has 172 valence electrons. The number of aromatic nitrogens is 1. The SMILES string of the molecule is C=CCOC(=O)c1sc(N2C(=O)C(=O)C(=C(O)c3ccccc3)C2c2ccc(C)cc2)nc1C. The molecule has 34 heavy (non-hydrogen) atoms. The predicted molar refractivity (Wildman–Crippen MR) is 130 cm³/mol. The number of amides is 1. The molecule has 1 atom stereocenters. The predicted octanol–water partition coefficient (Wildman–Crippen LogP) is 4.73. The summed E-state index contributed by atoms with van der Waals surface area (Å²) in [7, 11) is 0. The number of anilines is 1. The molecule has 1 fully saturated rings. The molecule has 1 unspecified atom stereocenters. The van der Waals surface area contributed by atoms with Crippen molar-refractivity contribution in [2.45, 2.75) is 19.9 Å². The molecule has 0 aliphatic carbocycles. The minimum absolute atomic E-state index is 0.0382. The number of carbonyl (C=O) groups is 3. The third-order valence-electron chi connectivity index (χ3n) is 5.39. The highest BCUT2D eigenvalue weighted by Crippen LogP contribution is 2.43. The first-order valence-corrected chi connectivity index (χ1v) is 11.3. The minimum Gasteiger partial charge on any atom is -0.507 e. The van der Waals surface area contributed by atoms with E-state index >= 15 is 0 Å². The first kappa shape index (κ1) is 23.1. The van der Waals surface area contributed by atoms with Crippen molar-refractivity contribution < 1.29 is 24.2 Å². The fourth-order valence-electron chi connectivity index (χ4n) is 3.72. The van der Waals surface area contributed by atoms with Gasteiger partial charge in [0.2, 0.25) is 0 Å². The third-order valence-corrected chi connectivity index (χ3v) is 6.53. The molecule has 2 aromatic carbocycles. The van der Waals surface area contributed by atoms with E-state index in [1.165, 1.54) is 11.0 Å². The van der Waals surface area contributed by atoms with Crippen molar-refractivity contribution in [3.05, 3.63) is 100 Å². The van der Waals surface area contributed by atoms with E-state index in [0.717, 1.165) is 16.9 Å². The zero-order valence-corrected chi connectivity index (χ0v) is 19.5. The molecule has 0 saturated carbocycles. The molecule has 0 spiro atoms. The molecular formula is C26H22N2O5S. The smallest absolute Gasteiger partial charge is 0.350 e. The van der Waals surface area contributed by atoms with Crippen molar-refractivity contribution in [1.29, 1.82) is 0 Å². The van der Waals surface area contributed by atoms with Gasteiger partial charge in [-0.1, -0.05) is 84.2 Å². The van der Waals surface area contributed by atoms with Gasteiger partial charge in [0.15, 0.2) is 5.13 Å². The number of carbonyl (C=O) groups excluding carboxylic acids is 3. The number of ketones is 1. The highest BCUT2D eigenvalue weighted by Gasteiger charge is 2.48. The van der Waals surface area contributed by atoms with Gasteiger partial charge in [0.25, 0.3) is 5.78 Å². The molecule has 8 heteroatoms. The topological polar surface area (TPSA) is 96.8 Å². The number of aliphatic hydroxyl groups is 1. The van der Waals surface area contributed by atoms with Gasteiger partial charge in [0.1, 0.15) is 17.2 Å². The van der Waals surface area contributed by atoms with Crippen LogP contribution in [0.15, 0.2) is 72.8 Å². The maximum Gasteiger partial charge on any atom is 0.350 e. The molecular weight excluding hydrogens is 452 g/mol. The number of hydrogen-bond donors (Lipinski definition) is 1. The summed E-state index contributed by atoms with van der Waals surface area (Å²) >= 11 is 0.961. The van der Waals surface area contributed by atoms with Gasteiger partial charge in [-0.3, -0.25) is 14.5 Å². The first-order valence-electron chi connectivity index (χ1n) is 10.5.